The molecule has 2 amide bonds. The summed E-state index contributed by atoms with van der Waals surface area (Å²) >= 11 is 3.28. The fourth-order valence-corrected chi connectivity index (χ4v) is 2.02. The van der Waals surface area contributed by atoms with Crippen LogP contribution in [0.2, 0.25) is 0 Å². The van der Waals surface area contributed by atoms with Gasteiger partial charge in [0.2, 0.25) is 5.91 Å². The van der Waals surface area contributed by atoms with Crippen LogP contribution in [0, 0.1) is 6.92 Å². The number of carbonyl (C=O) groups is 2. The van der Waals surface area contributed by atoms with Crippen molar-refractivity contribution in [3.05, 3.63) is 27.7 Å². The number of benzene rings is 1. The van der Waals surface area contributed by atoms with Crippen molar-refractivity contribution in [2.45, 2.75) is 6.92 Å². The van der Waals surface area contributed by atoms with E-state index in [1.165, 1.54) is 0 Å². The summed E-state index contributed by atoms with van der Waals surface area (Å²) in [7, 11) is 1.55. The molecule has 0 aliphatic heterocycles. The van der Waals surface area contributed by atoms with Crippen molar-refractivity contribution in [2.75, 3.05) is 32.5 Å². The van der Waals surface area contributed by atoms with Crippen molar-refractivity contribution in [3.8, 4) is 0 Å². The van der Waals surface area contributed by atoms with E-state index in [1.54, 1.807) is 26.2 Å². The lowest BCUT2D eigenvalue weighted by Crippen LogP contribution is -2.38. The highest BCUT2D eigenvalue weighted by Gasteiger charge is 2.13. The summed E-state index contributed by atoms with van der Waals surface area (Å²) in [6, 6.07) is 3.40. The molecule has 0 atom stereocenters. The molecule has 0 saturated heterocycles. The molecule has 1 aromatic carbocycles. The highest BCUT2D eigenvalue weighted by molar-refractivity contribution is 9.10. The van der Waals surface area contributed by atoms with Gasteiger partial charge in [0.1, 0.15) is 0 Å². The van der Waals surface area contributed by atoms with Gasteiger partial charge in [0.15, 0.2) is 0 Å². The van der Waals surface area contributed by atoms with Crippen molar-refractivity contribution < 1.29 is 14.3 Å². The zero-order chi connectivity index (χ0) is 15.1. The normalized spacial score (nSPS) is 10.2. The molecule has 0 bridgehead atoms. The first kappa shape index (κ1) is 16.5. The van der Waals surface area contributed by atoms with Gasteiger partial charge in [-0.1, -0.05) is 15.9 Å². The Balaban J connectivity index is 2.57. The fourth-order valence-electron chi connectivity index (χ4n) is 1.55. The second-order valence-electron chi connectivity index (χ2n) is 4.19. The van der Waals surface area contributed by atoms with E-state index in [-0.39, 0.29) is 18.4 Å². The van der Waals surface area contributed by atoms with E-state index < -0.39 is 0 Å². The molecule has 7 heteroatoms. The number of carbonyl (C=O) groups excluding carboxylic acids is 2. The number of amides is 2. The number of nitrogens with one attached hydrogen (secondary N) is 2. The van der Waals surface area contributed by atoms with Gasteiger partial charge in [-0.05, 0) is 24.6 Å². The zero-order valence-electron chi connectivity index (χ0n) is 11.5. The van der Waals surface area contributed by atoms with Crippen LogP contribution in [-0.4, -0.2) is 38.6 Å². The summed E-state index contributed by atoms with van der Waals surface area (Å²) in [5.74, 6) is -0.603. The van der Waals surface area contributed by atoms with Crippen molar-refractivity contribution in [3.63, 3.8) is 0 Å². The molecule has 1 rings (SSSR count). The van der Waals surface area contributed by atoms with E-state index in [4.69, 9.17) is 10.5 Å². The third-order valence-corrected chi connectivity index (χ3v) is 3.15. The summed E-state index contributed by atoms with van der Waals surface area (Å²) in [6.45, 7) is 2.51. The van der Waals surface area contributed by atoms with E-state index in [1.807, 2.05) is 0 Å². The van der Waals surface area contributed by atoms with E-state index in [0.29, 0.717) is 30.0 Å². The Morgan fingerprint density at radius 2 is 2.05 bits per heavy atom. The van der Waals surface area contributed by atoms with Gasteiger partial charge < -0.3 is 21.1 Å². The Morgan fingerprint density at radius 1 is 1.35 bits per heavy atom. The Kier molecular flexibility index (Phi) is 6.47. The van der Waals surface area contributed by atoms with Crippen LogP contribution in [0.3, 0.4) is 0 Å². The van der Waals surface area contributed by atoms with Crippen LogP contribution in [0.25, 0.3) is 0 Å². The fraction of sp³-hybridized carbons (Fsp3) is 0.385. The van der Waals surface area contributed by atoms with Crippen molar-refractivity contribution >= 4 is 33.4 Å². The quantitative estimate of drug-likeness (QED) is 0.526. The van der Waals surface area contributed by atoms with E-state index >= 15 is 0 Å². The standard InChI is InChI=1S/C13H18BrN3O3/c1-8-10(5-9(14)6-11(8)15)13(19)17-7-12(18)16-3-4-20-2/h5-6H,3-4,7,15H2,1-2H3,(H,16,18)(H,17,19). The van der Waals surface area contributed by atoms with Crippen LogP contribution in [0.4, 0.5) is 5.69 Å². The summed E-state index contributed by atoms with van der Waals surface area (Å²) in [4.78, 5) is 23.5. The maximum Gasteiger partial charge on any atom is 0.252 e. The number of anilines is 1. The highest BCUT2D eigenvalue weighted by atomic mass is 79.9. The number of ether oxygens (including phenoxy) is 1. The van der Waals surface area contributed by atoms with Crippen LogP contribution in [0.5, 0.6) is 0 Å². The topological polar surface area (TPSA) is 93.5 Å². The van der Waals surface area contributed by atoms with Crippen LogP contribution >= 0.6 is 15.9 Å². The number of nitrogen functional groups attached to an aromatic ring is 1. The summed E-state index contributed by atoms with van der Waals surface area (Å²) in [6.07, 6.45) is 0. The largest absolute Gasteiger partial charge is 0.398 e. The maximum absolute atomic E-state index is 12.0. The lowest BCUT2D eigenvalue weighted by Gasteiger charge is -2.10. The third-order valence-electron chi connectivity index (χ3n) is 2.70. The van der Waals surface area contributed by atoms with Gasteiger partial charge in [0.25, 0.3) is 5.91 Å². The Hall–Kier alpha value is -1.60. The predicted molar refractivity (Wildman–Crippen MR) is 80.5 cm³/mol. The molecule has 20 heavy (non-hydrogen) atoms. The number of rotatable bonds is 6. The first-order valence-corrected chi connectivity index (χ1v) is 6.84. The van der Waals surface area contributed by atoms with Gasteiger partial charge in [0.05, 0.1) is 13.2 Å². The number of hydrogen-bond acceptors (Lipinski definition) is 4. The Labute approximate surface area is 126 Å². The Morgan fingerprint density at radius 3 is 2.70 bits per heavy atom. The smallest absolute Gasteiger partial charge is 0.252 e. The predicted octanol–water partition coefficient (Wildman–Crippen LogP) is 0.832. The maximum atomic E-state index is 12.0. The van der Waals surface area contributed by atoms with Gasteiger partial charge in [-0.3, -0.25) is 9.59 Å². The molecule has 1 aromatic rings. The van der Waals surface area contributed by atoms with Crippen LogP contribution in [0.1, 0.15) is 15.9 Å². The van der Waals surface area contributed by atoms with E-state index in [9.17, 15) is 9.59 Å². The van der Waals surface area contributed by atoms with Crippen molar-refractivity contribution in [1.82, 2.24) is 10.6 Å². The lowest BCUT2D eigenvalue weighted by molar-refractivity contribution is -0.120. The molecule has 4 N–H and O–H groups in total. The number of halogens is 1. The monoisotopic (exact) mass is 343 g/mol. The van der Waals surface area contributed by atoms with Gasteiger partial charge >= 0.3 is 0 Å². The SMILES string of the molecule is COCCNC(=O)CNC(=O)c1cc(Br)cc(N)c1C. The molecular weight excluding hydrogens is 326 g/mol. The average molecular weight is 344 g/mol. The molecule has 0 fully saturated rings. The molecule has 0 heterocycles. The molecule has 6 nitrogen and oxygen atoms in total. The van der Waals surface area contributed by atoms with Gasteiger partial charge in [-0.2, -0.15) is 0 Å². The molecule has 0 saturated carbocycles. The van der Waals surface area contributed by atoms with E-state index in [0.717, 1.165) is 4.47 Å². The summed E-state index contributed by atoms with van der Waals surface area (Å²) in [5.41, 5.74) is 7.45. The van der Waals surface area contributed by atoms with Crippen LogP contribution < -0.4 is 16.4 Å². The first-order valence-electron chi connectivity index (χ1n) is 6.05. The number of hydrogen-bond donors (Lipinski definition) is 3. The van der Waals surface area contributed by atoms with Gasteiger partial charge in [-0.25, -0.2) is 0 Å². The van der Waals surface area contributed by atoms with Crippen molar-refractivity contribution in [1.29, 1.82) is 0 Å². The molecule has 0 radical (unpaired) electrons. The minimum atomic E-state index is -0.336. The summed E-state index contributed by atoms with van der Waals surface area (Å²) in [5, 5.41) is 5.17. The first-order chi connectivity index (χ1) is 9.45. The second-order valence-corrected chi connectivity index (χ2v) is 5.11. The number of nitrogens with two attached hydrogens (primary N) is 1. The third kappa shape index (κ3) is 4.82. The molecular formula is C13H18BrN3O3. The van der Waals surface area contributed by atoms with Gasteiger partial charge in [-0.15, -0.1) is 0 Å². The molecule has 0 spiro atoms. The highest BCUT2D eigenvalue weighted by Crippen LogP contribution is 2.22. The van der Waals surface area contributed by atoms with Crippen molar-refractivity contribution in [2.24, 2.45) is 0 Å². The minimum Gasteiger partial charge on any atom is -0.398 e. The molecule has 0 aliphatic rings. The molecule has 110 valence electrons. The minimum absolute atomic E-state index is 0.0889. The average Bonchev–Trinajstić information content (AvgIpc) is 2.40. The van der Waals surface area contributed by atoms with E-state index in [2.05, 4.69) is 26.6 Å². The summed E-state index contributed by atoms with van der Waals surface area (Å²) < 4.78 is 5.53. The van der Waals surface area contributed by atoms with Crippen LogP contribution in [0.15, 0.2) is 16.6 Å². The zero-order valence-corrected chi connectivity index (χ0v) is 13.0. The molecule has 0 aromatic heterocycles. The van der Waals surface area contributed by atoms with Gasteiger partial charge in [0, 0.05) is 29.4 Å². The molecule has 0 aliphatic carbocycles. The molecule has 0 unspecified atom stereocenters. The van der Waals surface area contributed by atoms with Crippen LogP contribution in [-0.2, 0) is 9.53 Å². The number of methoxy groups -OCH3 is 1. The second kappa shape index (κ2) is 7.86. The Bertz CT molecular complexity index is 506. The lowest BCUT2D eigenvalue weighted by atomic mass is 10.1.